The lowest BCUT2D eigenvalue weighted by Gasteiger charge is -2.16. The molecule has 0 spiro atoms. The van der Waals surface area contributed by atoms with Crippen LogP contribution in [-0.2, 0) is 0 Å². The molecule has 0 saturated carbocycles. The molecule has 2 aromatic heterocycles. The van der Waals surface area contributed by atoms with E-state index in [4.69, 9.17) is 0 Å². The Morgan fingerprint density at radius 3 is 1.84 bits per heavy atom. The predicted octanol–water partition coefficient (Wildman–Crippen LogP) is 11.8. The van der Waals surface area contributed by atoms with Crippen LogP contribution in [0.2, 0.25) is 0 Å². The molecule has 1 aliphatic rings. The van der Waals surface area contributed by atoms with Crippen molar-refractivity contribution in [3.8, 4) is 29.0 Å². The third kappa shape index (κ3) is 4.89. The Bertz CT molecular complexity index is 2890. The van der Waals surface area contributed by atoms with Crippen LogP contribution in [0.3, 0.4) is 0 Å². The number of rotatable bonds is 4. The zero-order valence-electron chi connectivity index (χ0n) is 28.4. The molecule has 0 atom stereocenters. The highest BCUT2D eigenvalue weighted by atomic mass is 15.0. The summed E-state index contributed by atoms with van der Waals surface area (Å²) in [5.41, 5.74) is 14.8. The van der Waals surface area contributed by atoms with Gasteiger partial charge in [-0.1, -0.05) is 97.1 Å². The number of allylic oxidation sites excluding steroid dienone is 6. The molecule has 8 aromatic rings. The van der Waals surface area contributed by atoms with Crippen LogP contribution in [0.15, 0.2) is 151 Å². The molecule has 4 nitrogen and oxygen atoms in total. The fraction of sp³-hybridized carbons (Fsp3) is 0.0638. The standard InChI is InChI=1S/C47H32N4/c1-30-11-22-41-39-7-3-6-10-44(39)51(46(41)25-30)45-24-13-32(28-48)12-23-38(45)35-16-14-33(15-17-35)34-18-20-37(21-19-34)50-43-9-5-4-8-40(43)42-27-36(29-49)31(2)26-47(42)50/h3-23,25-27H,24H2,1-2H3. The summed E-state index contributed by atoms with van der Waals surface area (Å²) in [6.07, 6.45) is 6.71. The van der Waals surface area contributed by atoms with Crippen LogP contribution in [0.5, 0.6) is 0 Å². The number of hydrogen-bond acceptors (Lipinski definition) is 2. The van der Waals surface area contributed by atoms with E-state index in [2.05, 4.69) is 156 Å². The van der Waals surface area contributed by atoms with E-state index < -0.39 is 0 Å². The molecule has 0 radical (unpaired) electrons. The maximum Gasteiger partial charge on any atom is 0.0994 e. The van der Waals surface area contributed by atoms with Crippen molar-refractivity contribution in [1.29, 1.82) is 10.5 Å². The van der Waals surface area contributed by atoms with Crippen LogP contribution in [0.1, 0.15) is 28.7 Å². The maximum atomic E-state index is 9.84. The van der Waals surface area contributed by atoms with Crippen molar-refractivity contribution < 1.29 is 0 Å². The monoisotopic (exact) mass is 652 g/mol. The molecular weight excluding hydrogens is 621 g/mol. The number of aromatic nitrogens is 2. The highest BCUT2D eigenvalue weighted by Crippen LogP contribution is 2.39. The van der Waals surface area contributed by atoms with Gasteiger partial charge >= 0.3 is 0 Å². The predicted molar refractivity (Wildman–Crippen MR) is 210 cm³/mol. The van der Waals surface area contributed by atoms with Gasteiger partial charge in [0.15, 0.2) is 0 Å². The van der Waals surface area contributed by atoms with E-state index in [0.29, 0.717) is 17.6 Å². The van der Waals surface area contributed by atoms with Crippen LogP contribution >= 0.6 is 0 Å². The van der Waals surface area contributed by atoms with Crippen LogP contribution in [-0.4, -0.2) is 9.13 Å². The minimum atomic E-state index is 0.635. The summed E-state index contributed by atoms with van der Waals surface area (Å²) in [7, 11) is 0. The smallest absolute Gasteiger partial charge is 0.0994 e. The number of para-hydroxylation sites is 2. The van der Waals surface area contributed by atoms with Crippen LogP contribution in [0.4, 0.5) is 0 Å². The Morgan fingerprint density at radius 1 is 0.529 bits per heavy atom. The molecule has 0 unspecified atom stereocenters. The van der Waals surface area contributed by atoms with Gasteiger partial charge in [-0.15, -0.1) is 0 Å². The van der Waals surface area contributed by atoms with Crippen molar-refractivity contribution in [2.24, 2.45) is 0 Å². The van der Waals surface area contributed by atoms with E-state index in [1.807, 2.05) is 25.1 Å². The molecule has 0 saturated heterocycles. The van der Waals surface area contributed by atoms with E-state index in [0.717, 1.165) is 66.5 Å². The Morgan fingerprint density at radius 2 is 1.14 bits per heavy atom. The van der Waals surface area contributed by atoms with Crippen LogP contribution < -0.4 is 0 Å². The first-order valence-corrected chi connectivity index (χ1v) is 17.2. The lowest BCUT2D eigenvalue weighted by atomic mass is 9.98. The van der Waals surface area contributed by atoms with Gasteiger partial charge in [0.05, 0.1) is 39.8 Å². The second-order valence-electron chi connectivity index (χ2n) is 13.3. The van der Waals surface area contributed by atoms with Crippen LogP contribution in [0.25, 0.3) is 71.7 Å². The molecule has 6 aromatic carbocycles. The average molecular weight is 653 g/mol. The molecule has 4 heteroatoms. The summed E-state index contributed by atoms with van der Waals surface area (Å²) in [6, 6.07) is 50.0. The van der Waals surface area contributed by atoms with E-state index in [1.54, 1.807) is 0 Å². The minimum absolute atomic E-state index is 0.635. The van der Waals surface area contributed by atoms with Gasteiger partial charge in [0.1, 0.15) is 0 Å². The largest absolute Gasteiger partial charge is 0.312 e. The highest BCUT2D eigenvalue weighted by molar-refractivity contribution is 6.12. The summed E-state index contributed by atoms with van der Waals surface area (Å²) in [5.74, 6) is 0. The van der Waals surface area contributed by atoms with Gasteiger partial charge in [0, 0.05) is 50.5 Å². The molecule has 0 aliphatic heterocycles. The Kier molecular flexibility index (Phi) is 7.06. The summed E-state index contributed by atoms with van der Waals surface area (Å²) >= 11 is 0. The zero-order valence-corrected chi connectivity index (χ0v) is 28.4. The van der Waals surface area contributed by atoms with Crippen molar-refractivity contribution in [1.82, 2.24) is 9.13 Å². The third-order valence-electron chi connectivity index (χ3n) is 10.3. The van der Waals surface area contributed by atoms with Gasteiger partial charge < -0.3 is 9.13 Å². The molecule has 0 N–H and O–H groups in total. The quantitative estimate of drug-likeness (QED) is 0.190. The number of benzene rings is 6. The van der Waals surface area contributed by atoms with E-state index >= 15 is 0 Å². The van der Waals surface area contributed by atoms with Gasteiger partial charge in [0.25, 0.3) is 0 Å². The fourth-order valence-electron chi connectivity index (χ4n) is 7.75. The second-order valence-corrected chi connectivity index (χ2v) is 13.3. The lowest BCUT2D eigenvalue weighted by molar-refractivity contribution is 1.14. The van der Waals surface area contributed by atoms with Crippen molar-refractivity contribution in [2.75, 3.05) is 0 Å². The van der Waals surface area contributed by atoms with Gasteiger partial charge in [-0.25, -0.2) is 0 Å². The molecular formula is C47H32N4. The van der Waals surface area contributed by atoms with Gasteiger partial charge in [-0.05, 0) is 90.2 Å². The molecule has 0 fully saturated rings. The maximum absolute atomic E-state index is 9.84. The van der Waals surface area contributed by atoms with Crippen molar-refractivity contribution >= 4 is 54.9 Å². The van der Waals surface area contributed by atoms with Gasteiger partial charge in [0.2, 0.25) is 0 Å². The number of nitriles is 2. The summed E-state index contributed by atoms with van der Waals surface area (Å²) in [6.45, 7) is 4.14. The number of aryl methyl sites for hydroxylation is 2. The van der Waals surface area contributed by atoms with Gasteiger partial charge in [-0.2, -0.15) is 10.5 Å². The van der Waals surface area contributed by atoms with E-state index in [9.17, 15) is 10.5 Å². The van der Waals surface area contributed by atoms with Crippen molar-refractivity contribution in [2.45, 2.75) is 20.3 Å². The van der Waals surface area contributed by atoms with Crippen LogP contribution in [0, 0.1) is 36.5 Å². The minimum Gasteiger partial charge on any atom is -0.312 e. The van der Waals surface area contributed by atoms with Crippen molar-refractivity contribution in [3.05, 3.63) is 173 Å². The fourth-order valence-corrected chi connectivity index (χ4v) is 7.75. The summed E-state index contributed by atoms with van der Waals surface area (Å²) < 4.78 is 4.68. The zero-order chi connectivity index (χ0) is 34.6. The van der Waals surface area contributed by atoms with Crippen molar-refractivity contribution in [3.63, 3.8) is 0 Å². The molecule has 1 aliphatic carbocycles. The molecule has 240 valence electrons. The molecule has 9 rings (SSSR count). The van der Waals surface area contributed by atoms with E-state index in [1.165, 1.54) is 21.9 Å². The number of nitrogens with zero attached hydrogens (tertiary/aromatic N) is 4. The molecule has 0 amide bonds. The van der Waals surface area contributed by atoms with Gasteiger partial charge in [-0.3, -0.25) is 0 Å². The first-order valence-electron chi connectivity index (χ1n) is 17.2. The highest BCUT2D eigenvalue weighted by Gasteiger charge is 2.19. The molecule has 0 bridgehead atoms. The lowest BCUT2D eigenvalue weighted by Crippen LogP contribution is -2.00. The molecule has 2 heterocycles. The SMILES string of the molecule is Cc1ccc2c3ccccc3n(C3=C(c4ccc(-c5ccc(-n6c7ccccc7c7cc(C#N)c(C)cc76)cc5)cc4)C=CC(C#N)=CC3)c2c1. The van der Waals surface area contributed by atoms with E-state index in [-0.39, 0.29) is 0 Å². The first kappa shape index (κ1) is 30.2. The Hall–Kier alpha value is -6.88. The number of hydrogen-bond donors (Lipinski definition) is 0. The Labute approximate surface area is 296 Å². The average Bonchev–Trinajstić information content (AvgIpc) is 3.56. The first-order chi connectivity index (χ1) is 25.0. The molecule has 51 heavy (non-hydrogen) atoms. The summed E-state index contributed by atoms with van der Waals surface area (Å²) in [5, 5.41) is 24.2. The normalized spacial score (nSPS) is 13.1. The number of fused-ring (bicyclic) bond motifs is 6. The Balaban J connectivity index is 1.13. The summed E-state index contributed by atoms with van der Waals surface area (Å²) in [4.78, 5) is 0. The second kappa shape index (κ2) is 11.9. The topological polar surface area (TPSA) is 57.4 Å². The third-order valence-corrected chi connectivity index (χ3v) is 10.3.